The molecule has 0 radical (unpaired) electrons. The Kier molecular flexibility index (Phi) is 6.31. The fourth-order valence-electron chi connectivity index (χ4n) is 0.904. The molecule has 0 aromatic carbocycles. The molecule has 0 atom stereocenters. The molecular formula is C12H22N2O3. The molecule has 17 heavy (non-hydrogen) atoms. The van der Waals surface area contributed by atoms with Gasteiger partial charge in [0.25, 0.3) is 0 Å². The van der Waals surface area contributed by atoms with Crippen LogP contribution in [0.2, 0.25) is 0 Å². The van der Waals surface area contributed by atoms with Gasteiger partial charge < -0.3 is 15.4 Å². The van der Waals surface area contributed by atoms with Crippen LogP contribution < -0.4 is 10.6 Å². The fraction of sp³-hybridized carbons (Fsp3) is 0.667. The maximum absolute atomic E-state index is 11.2. The summed E-state index contributed by atoms with van der Waals surface area (Å²) in [6.07, 6.45) is 0.881. The van der Waals surface area contributed by atoms with Crippen molar-refractivity contribution in [3.05, 3.63) is 12.2 Å². The molecule has 98 valence electrons. The summed E-state index contributed by atoms with van der Waals surface area (Å²) in [7, 11) is 0. The maximum atomic E-state index is 11.2. The van der Waals surface area contributed by atoms with Crippen molar-refractivity contribution < 1.29 is 14.3 Å². The van der Waals surface area contributed by atoms with Crippen molar-refractivity contribution in [3.63, 3.8) is 0 Å². The largest absolute Gasteiger partial charge is 0.441 e. The summed E-state index contributed by atoms with van der Waals surface area (Å²) in [4.78, 5) is 22.2. The first-order valence-corrected chi connectivity index (χ1v) is 5.57. The molecule has 0 bridgehead atoms. The smallest absolute Gasteiger partial charge is 0.334 e. The third-order valence-corrected chi connectivity index (χ3v) is 1.95. The summed E-state index contributed by atoms with van der Waals surface area (Å²) in [5, 5.41) is 5.10. The number of hydrogen-bond acceptors (Lipinski definition) is 3. The van der Waals surface area contributed by atoms with Gasteiger partial charge in [-0.2, -0.15) is 0 Å². The van der Waals surface area contributed by atoms with Crippen molar-refractivity contribution in [2.45, 2.75) is 34.1 Å². The molecule has 0 aromatic rings. The highest BCUT2D eigenvalue weighted by molar-refractivity contribution is 5.87. The predicted molar refractivity (Wildman–Crippen MR) is 66.4 cm³/mol. The van der Waals surface area contributed by atoms with Crippen LogP contribution in [0, 0.1) is 5.41 Å². The van der Waals surface area contributed by atoms with Gasteiger partial charge in [-0.1, -0.05) is 27.4 Å². The van der Waals surface area contributed by atoms with Crippen LogP contribution >= 0.6 is 0 Å². The van der Waals surface area contributed by atoms with Crippen molar-refractivity contribution in [3.8, 4) is 0 Å². The van der Waals surface area contributed by atoms with E-state index in [4.69, 9.17) is 4.74 Å². The molecule has 0 rings (SSSR count). The van der Waals surface area contributed by atoms with Crippen molar-refractivity contribution in [1.29, 1.82) is 0 Å². The molecule has 0 saturated carbocycles. The molecular weight excluding hydrogens is 220 g/mol. The predicted octanol–water partition coefficient (Wildman–Crippen LogP) is 1.80. The second kappa shape index (κ2) is 6.93. The van der Waals surface area contributed by atoms with Crippen LogP contribution in [-0.2, 0) is 9.53 Å². The van der Waals surface area contributed by atoms with E-state index in [2.05, 4.69) is 38.0 Å². The number of carbonyl (C=O) groups is 2. The highest BCUT2D eigenvalue weighted by Gasteiger charge is 2.10. The van der Waals surface area contributed by atoms with Crippen molar-refractivity contribution in [2.24, 2.45) is 5.41 Å². The second-order valence-electron chi connectivity index (χ2n) is 5.10. The minimum Gasteiger partial charge on any atom is -0.441 e. The van der Waals surface area contributed by atoms with Crippen LogP contribution in [-0.4, -0.2) is 25.3 Å². The Morgan fingerprint density at radius 2 is 1.82 bits per heavy atom. The van der Waals surface area contributed by atoms with Gasteiger partial charge in [0.2, 0.25) is 0 Å². The monoisotopic (exact) mass is 242 g/mol. The zero-order valence-corrected chi connectivity index (χ0v) is 11.1. The average molecular weight is 242 g/mol. The number of ether oxygens (including phenoxy) is 1. The van der Waals surface area contributed by atoms with Crippen molar-refractivity contribution >= 4 is 12.0 Å². The second-order valence-corrected chi connectivity index (χ2v) is 5.10. The summed E-state index contributed by atoms with van der Waals surface area (Å²) in [6.45, 7) is 11.7. The van der Waals surface area contributed by atoms with Crippen LogP contribution in [0.1, 0.15) is 34.1 Å². The molecule has 0 saturated heterocycles. The van der Waals surface area contributed by atoms with E-state index >= 15 is 0 Å². The number of esters is 1. The standard InChI is InChI=1S/C12H22N2O3/c1-9(2)10(15)17-8-14-11(16)13-7-6-12(3,4)5/h1,6-8H2,2-5H3,(H2,13,14,16). The van der Waals surface area contributed by atoms with E-state index in [1.807, 2.05) is 0 Å². The topological polar surface area (TPSA) is 67.4 Å². The average Bonchev–Trinajstić information content (AvgIpc) is 2.15. The maximum Gasteiger partial charge on any atom is 0.334 e. The third kappa shape index (κ3) is 9.41. The summed E-state index contributed by atoms with van der Waals surface area (Å²) in [5.74, 6) is -0.514. The van der Waals surface area contributed by atoms with E-state index in [0.29, 0.717) is 12.1 Å². The number of rotatable bonds is 5. The van der Waals surface area contributed by atoms with Gasteiger partial charge in [0.15, 0.2) is 6.73 Å². The zero-order chi connectivity index (χ0) is 13.5. The van der Waals surface area contributed by atoms with E-state index in [9.17, 15) is 9.59 Å². The van der Waals surface area contributed by atoms with Gasteiger partial charge >= 0.3 is 12.0 Å². The molecule has 0 fully saturated rings. The van der Waals surface area contributed by atoms with Crippen LogP contribution in [0.15, 0.2) is 12.2 Å². The Hall–Kier alpha value is -1.52. The zero-order valence-electron chi connectivity index (χ0n) is 11.1. The molecule has 0 spiro atoms. The first-order valence-electron chi connectivity index (χ1n) is 5.57. The minimum atomic E-state index is -0.514. The lowest BCUT2D eigenvalue weighted by Gasteiger charge is -2.18. The molecule has 0 aliphatic rings. The Labute approximate surface area is 103 Å². The summed E-state index contributed by atoms with van der Waals surface area (Å²) < 4.78 is 4.71. The summed E-state index contributed by atoms with van der Waals surface area (Å²) >= 11 is 0. The quantitative estimate of drug-likeness (QED) is 0.439. The van der Waals surface area contributed by atoms with Gasteiger partial charge in [0, 0.05) is 12.1 Å². The fourth-order valence-corrected chi connectivity index (χ4v) is 0.904. The first kappa shape index (κ1) is 15.5. The molecule has 0 heterocycles. The highest BCUT2D eigenvalue weighted by atomic mass is 16.5. The Morgan fingerprint density at radius 1 is 1.24 bits per heavy atom. The van der Waals surface area contributed by atoms with Crippen LogP contribution in [0.3, 0.4) is 0 Å². The van der Waals surface area contributed by atoms with Crippen LogP contribution in [0.25, 0.3) is 0 Å². The lowest BCUT2D eigenvalue weighted by molar-refractivity contribution is -0.139. The molecule has 2 N–H and O–H groups in total. The van der Waals surface area contributed by atoms with Gasteiger partial charge in [0.1, 0.15) is 0 Å². The van der Waals surface area contributed by atoms with E-state index in [1.165, 1.54) is 0 Å². The van der Waals surface area contributed by atoms with Crippen molar-refractivity contribution in [2.75, 3.05) is 13.3 Å². The summed E-state index contributed by atoms with van der Waals surface area (Å²) in [6, 6.07) is -0.344. The van der Waals surface area contributed by atoms with Crippen LogP contribution in [0.5, 0.6) is 0 Å². The van der Waals surface area contributed by atoms with E-state index in [0.717, 1.165) is 6.42 Å². The van der Waals surface area contributed by atoms with Crippen molar-refractivity contribution in [1.82, 2.24) is 10.6 Å². The molecule has 2 amide bonds. The molecule has 0 aliphatic heterocycles. The number of nitrogens with one attached hydrogen (secondary N) is 2. The first-order chi connectivity index (χ1) is 7.72. The SMILES string of the molecule is C=C(C)C(=O)OCNC(=O)NCCC(C)(C)C. The highest BCUT2D eigenvalue weighted by Crippen LogP contribution is 2.16. The van der Waals surface area contributed by atoms with Gasteiger partial charge in [-0.3, -0.25) is 0 Å². The molecule has 0 aliphatic carbocycles. The van der Waals surface area contributed by atoms with E-state index < -0.39 is 5.97 Å². The number of amides is 2. The Balaban J connectivity index is 3.61. The minimum absolute atomic E-state index is 0.146. The molecule has 0 aromatic heterocycles. The lowest BCUT2D eigenvalue weighted by atomic mass is 9.92. The van der Waals surface area contributed by atoms with Gasteiger partial charge in [-0.15, -0.1) is 0 Å². The number of hydrogen-bond donors (Lipinski definition) is 2. The lowest BCUT2D eigenvalue weighted by Crippen LogP contribution is -2.38. The number of carbonyl (C=O) groups excluding carboxylic acids is 2. The van der Waals surface area contributed by atoms with Gasteiger partial charge in [0.05, 0.1) is 0 Å². The molecule has 5 heteroatoms. The molecule has 5 nitrogen and oxygen atoms in total. The normalized spacial score (nSPS) is 10.6. The third-order valence-electron chi connectivity index (χ3n) is 1.95. The molecule has 0 unspecified atom stereocenters. The van der Waals surface area contributed by atoms with E-state index in [1.54, 1.807) is 6.92 Å². The Morgan fingerprint density at radius 3 is 2.29 bits per heavy atom. The van der Waals surface area contributed by atoms with Crippen LogP contribution in [0.4, 0.5) is 4.79 Å². The van der Waals surface area contributed by atoms with E-state index in [-0.39, 0.29) is 18.2 Å². The summed E-state index contributed by atoms with van der Waals surface area (Å²) in [5.41, 5.74) is 0.486. The van der Waals surface area contributed by atoms with Gasteiger partial charge in [-0.25, -0.2) is 9.59 Å². The number of urea groups is 1. The van der Waals surface area contributed by atoms with Gasteiger partial charge in [-0.05, 0) is 18.8 Å². The Bertz CT molecular complexity index is 293.